The Balaban J connectivity index is 1.77. The summed E-state index contributed by atoms with van der Waals surface area (Å²) in [5.74, 6) is 0. The van der Waals surface area contributed by atoms with Crippen LogP contribution in [0.4, 0.5) is 16.2 Å². The molecule has 0 heterocycles. The second-order valence-corrected chi connectivity index (χ2v) is 6.13. The quantitative estimate of drug-likeness (QED) is 0.480. The summed E-state index contributed by atoms with van der Waals surface area (Å²) in [5.41, 5.74) is 14.5. The van der Waals surface area contributed by atoms with E-state index in [-0.39, 0.29) is 19.6 Å². The van der Waals surface area contributed by atoms with E-state index in [0.29, 0.717) is 16.9 Å². The zero-order valence-electron chi connectivity index (χ0n) is 14.7. The van der Waals surface area contributed by atoms with Crippen LogP contribution >= 0.6 is 0 Å². The van der Waals surface area contributed by atoms with Gasteiger partial charge < -0.3 is 31.7 Å². The summed E-state index contributed by atoms with van der Waals surface area (Å²) in [7, 11) is 0. The van der Waals surface area contributed by atoms with E-state index in [2.05, 4.69) is 5.32 Å². The van der Waals surface area contributed by atoms with Gasteiger partial charge in [-0.3, -0.25) is 0 Å². The molecule has 7 N–H and O–H groups in total. The Labute approximate surface area is 152 Å². The predicted octanol–water partition coefficient (Wildman–Crippen LogP) is 1.87. The highest BCUT2D eigenvalue weighted by atomic mass is 16.5. The molecule has 2 unspecified atom stereocenters. The van der Waals surface area contributed by atoms with Crippen molar-refractivity contribution in [3.63, 3.8) is 0 Å². The molecule has 7 nitrogen and oxygen atoms in total. The van der Waals surface area contributed by atoms with Crippen molar-refractivity contribution in [1.82, 2.24) is 5.32 Å². The molecular formula is C19H25N3O4. The van der Waals surface area contributed by atoms with Crippen LogP contribution in [0.15, 0.2) is 42.5 Å². The summed E-state index contributed by atoms with van der Waals surface area (Å²) < 4.78 is 5.08. The topological polar surface area (TPSA) is 131 Å². The van der Waals surface area contributed by atoms with E-state index < -0.39 is 18.3 Å². The van der Waals surface area contributed by atoms with E-state index >= 15 is 0 Å². The standard InChI is InChI=1S/C19H25N3O4/c1-12-9-14(10-15(20)17(12)21)18(24)16(23)7-8-22-19(25)26-11-13-5-3-2-4-6-13/h2-6,9-10,16,18,23-24H,7-8,11,20-21H2,1H3,(H,22,25). The molecule has 0 aliphatic heterocycles. The molecule has 0 saturated heterocycles. The first kappa shape index (κ1) is 19.6. The molecule has 0 aliphatic rings. The maximum atomic E-state index is 11.7. The van der Waals surface area contributed by atoms with Crippen LogP contribution in [0, 0.1) is 6.92 Å². The van der Waals surface area contributed by atoms with Crippen molar-refractivity contribution in [1.29, 1.82) is 0 Å². The number of anilines is 2. The lowest BCUT2D eigenvalue weighted by Gasteiger charge is -2.20. The smallest absolute Gasteiger partial charge is 0.407 e. The van der Waals surface area contributed by atoms with Gasteiger partial charge >= 0.3 is 6.09 Å². The number of carbonyl (C=O) groups is 1. The zero-order valence-corrected chi connectivity index (χ0v) is 14.7. The highest BCUT2D eigenvalue weighted by Gasteiger charge is 2.20. The van der Waals surface area contributed by atoms with Crippen molar-refractivity contribution in [3.8, 4) is 0 Å². The Kier molecular flexibility index (Phi) is 6.82. The Morgan fingerprint density at radius 1 is 1.19 bits per heavy atom. The van der Waals surface area contributed by atoms with Crippen molar-refractivity contribution in [2.45, 2.75) is 32.2 Å². The first-order valence-electron chi connectivity index (χ1n) is 8.34. The molecule has 0 saturated carbocycles. The molecular weight excluding hydrogens is 334 g/mol. The molecule has 140 valence electrons. The summed E-state index contributed by atoms with van der Waals surface area (Å²) in [5, 5.41) is 22.9. The number of aryl methyl sites for hydroxylation is 1. The van der Waals surface area contributed by atoms with Gasteiger partial charge in [0.1, 0.15) is 12.7 Å². The monoisotopic (exact) mass is 359 g/mol. The lowest BCUT2D eigenvalue weighted by Crippen LogP contribution is -2.29. The van der Waals surface area contributed by atoms with Gasteiger partial charge in [0, 0.05) is 6.54 Å². The fourth-order valence-electron chi connectivity index (χ4n) is 2.50. The summed E-state index contributed by atoms with van der Waals surface area (Å²) in [6.45, 7) is 2.11. The van der Waals surface area contributed by atoms with Crippen LogP contribution in [0.3, 0.4) is 0 Å². The van der Waals surface area contributed by atoms with Crippen molar-refractivity contribution in [2.24, 2.45) is 0 Å². The van der Waals surface area contributed by atoms with Crippen molar-refractivity contribution < 1.29 is 19.7 Å². The van der Waals surface area contributed by atoms with Gasteiger partial charge in [0.2, 0.25) is 0 Å². The number of nitrogen functional groups attached to an aromatic ring is 2. The van der Waals surface area contributed by atoms with Gasteiger partial charge in [-0.1, -0.05) is 36.4 Å². The SMILES string of the molecule is Cc1cc(C(O)C(O)CCNC(=O)OCc2ccccc2)cc(N)c1N. The fourth-order valence-corrected chi connectivity index (χ4v) is 2.50. The van der Waals surface area contributed by atoms with Gasteiger partial charge in [0.25, 0.3) is 0 Å². The van der Waals surface area contributed by atoms with Crippen LogP contribution in [-0.2, 0) is 11.3 Å². The zero-order chi connectivity index (χ0) is 19.1. The molecule has 0 fully saturated rings. The average molecular weight is 359 g/mol. The number of hydrogen-bond donors (Lipinski definition) is 5. The maximum Gasteiger partial charge on any atom is 0.407 e. The summed E-state index contributed by atoms with van der Waals surface area (Å²) in [6, 6.07) is 12.5. The fraction of sp³-hybridized carbons (Fsp3) is 0.316. The van der Waals surface area contributed by atoms with Crippen LogP contribution < -0.4 is 16.8 Å². The van der Waals surface area contributed by atoms with E-state index in [1.54, 1.807) is 13.0 Å². The first-order valence-corrected chi connectivity index (χ1v) is 8.34. The van der Waals surface area contributed by atoms with Crippen molar-refractivity contribution in [2.75, 3.05) is 18.0 Å². The molecule has 0 radical (unpaired) electrons. The number of alkyl carbamates (subject to hydrolysis) is 1. The molecule has 7 heteroatoms. The molecule has 0 spiro atoms. The normalized spacial score (nSPS) is 13.0. The van der Waals surface area contributed by atoms with Gasteiger partial charge in [0.15, 0.2) is 0 Å². The lowest BCUT2D eigenvalue weighted by molar-refractivity contribution is 0.0136. The molecule has 2 atom stereocenters. The van der Waals surface area contributed by atoms with E-state index in [0.717, 1.165) is 11.1 Å². The van der Waals surface area contributed by atoms with Crippen LogP contribution in [-0.4, -0.2) is 29.0 Å². The van der Waals surface area contributed by atoms with Crippen molar-refractivity contribution in [3.05, 3.63) is 59.2 Å². The highest BCUT2D eigenvalue weighted by Crippen LogP contribution is 2.27. The lowest BCUT2D eigenvalue weighted by atomic mass is 9.98. The molecule has 26 heavy (non-hydrogen) atoms. The molecule has 2 aromatic carbocycles. The number of ether oxygens (including phenoxy) is 1. The van der Waals surface area contributed by atoms with Crippen LogP contribution in [0.2, 0.25) is 0 Å². The molecule has 2 rings (SSSR count). The number of carbonyl (C=O) groups excluding carboxylic acids is 1. The molecule has 2 aromatic rings. The van der Waals surface area contributed by atoms with Gasteiger partial charge in [-0.2, -0.15) is 0 Å². The third-order valence-corrected chi connectivity index (χ3v) is 4.07. The Morgan fingerprint density at radius 3 is 2.54 bits per heavy atom. The number of aliphatic hydroxyl groups is 2. The maximum absolute atomic E-state index is 11.7. The number of benzene rings is 2. The minimum atomic E-state index is -1.13. The highest BCUT2D eigenvalue weighted by molar-refractivity contribution is 5.68. The van der Waals surface area contributed by atoms with Gasteiger partial charge in [-0.25, -0.2) is 4.79 Å². The predicted molar refractivity (Wildman–Crippen MR) is 100 cm³/mol. The number of hydrogen-bond acceptors (Lipinski definition) is 6. The van der Waals surface area contributed by atoms with Gasteiger partial charge in [0.05, 0.1) is 17.5 Å². The molecule has 0 aliphatic carbocycles. The Bertz CT molecular complexity index is 714. The number of nitrogens with one attached hydrogen (secondary N) is 1. The third kappa shape index (κ3) is 5.37. The Hall–Kier alpha value is -2.77. The Morgan fingerprint density at radius 2 is 1.88 bits per heavy atom. The van der Waals surface area contributed by atoms with E-state index in [9.17, 15) is 15.0 Å². The number of nitrogens with two attached hydrogens (primary N) is 2. The summed E-state index contributed by atoms with van der Waals surface area (Å²) in [6.07, 6.45) is -2.61. The largest absolute Gasteiger partial charge is 0.445 e. The van der Waals surface area contributed by atoms with Crippen molar-refractivity contribution >= 4 is 17.5 Å². The van der Waals surface area contributed by atoms with Gasteiger partial charge in [-0.05, 0) is 36.1 Å². The molecule has 1 amide bonds. The number of rotatable bonds is 7. The minimum Gasteiger partial charge on any atom is -0.445 e. The van der Waals surface area contributed by atoms with Crippen LogP contribution in [0.1, 0.15) is 29.2 Å². The third-order valence-electron chi connectivity index (χ3n) is 4.07. The van der Waals surface area contributed by atoms with Gasteiger partial charge in [-0.15, -0.1) is 0 Å². The number of aliphatic hydroxyl groups excluding tert-OH is 2. The second kappa shape index (κ2) is 9.07. The summed E-state index contributed by atoms with van der Waals surface area (Å²) >= 11 is 0. The number of amides is 1. The first-order chi connectivity index (χ1) is 12.4. The van der Waals surface area contributed by atoms with E-state index in [1.165, 1.54) is 6.07 Å². The van der Waals surface area contributed by atoms with Crippen LogP contribution in [0.25, 0.3) is 0 Å². The van der Waals surface area contributed by atoms with E-state index in [4.69, 9.17) is 16.2 Å². The second-order valence-electron chi connectivity index (χ2n) is 6.13. The van der Waals surface area contributed by atoms with Crippen LogP contribution in [0.5, 0.6) is 0 Å². The molecule has 0 bridgehead atoms. The summed E-state index contributed by atoms with van der Waals surface area (Å²) in [4.78, 5) is 11.7. The van der Waals surface area contributed by atoms with E-state index in [1.807, 2.05) is 30.3 Å². The minimum absolute atomic E-state index is 0.158. The molecule has 0 aromatic heterocycles. The average Bonchev–Trinajstić information content (AvgIpc) is 2.64.